The molecule has 1 rings (SSSR count). The van der Waals surface area contributed by atoms with Gasteiger partial charge >= 0.3 is 11.7 Å². The molecule has 144 valence electrons. The first-order chi connectivity index (χ1) is 12.7. The van der Waals surface area contributed by atoms with E-state index in [2.05, 4.69) is 11.9 Å². The molecule has 0 bridgehead atoms. The normalized spacial score (nSPS) is 10.5. The van der Waals surface area contributed by atoms with Gasteiger partial charge in [-0.3, -0.25) is 0 Å². The number of hydrogen-bond acceptors (Lipinski definition) is 3. The highest BCUT2D eigenvalue weighted by Crippen LogP contribution is 2.20. The van der Waals surface area contributed by atoms with Crippen molar-refractivity contribution in [3.8, 4) is 0 Å². The summed E-state index contributed by atoms with van der Waals surface area (Å²) in [7, 11) is 0. The molecule has 0 amide bonds. The molecule has 0 unspecified atom stereocenters. The van der Waals surface area contributed by atoms with Crippen molar-refractivity contribution >= 4 is 11.7 Å². The van der Waals surface area contributed by atoms with E-state index in [1.807, 2.05) is 6.92 Å². The number of ether oxygens (including phenoxy) is 1. The van der Waals surface area contributed by atoms with Crippen molar-refractivity contribution in [3.63, 3.8) is 0 Å². The summed E-state index contributed by atoms with van der Waals surface area (Å²) in [5.74, 6) is -0.349. The number of nitrogens with zero attached hydrogens (tertiary/aromatic N) is 2. The van der Waals surface area contributed by atoms with Gasteiger partial charge in [-0.2, -0.15) is 0 Å². The fourth-order valence-electron chi connectivity index (χ4n) is 3.04. The summed E-state index contributed by atoms with van der Waals surface area (Å²) in [6.45, 7) is 4.54. The van der Waals surface area contributed by atoms with Gasteiger partial charge in [0.05, 0.1) is 12.2 Å². The lowest BCUT2D eigenvalue weighted by Crippen LogP contribution is -2.06. The van der Waals surface area contributed by atoms with E-state index in [0.29, 0.717) is 17.9 Å². The van der Waals surface area contributed by atoms with Crippen LogP contribution in [0.15, 0.2) is 18.2 Å². The van der Waals surface area contributed by atoms with Crippen LogP contribution in [0.3, 0.4) is 0 Å². The predicted molar refractivity (Wildman–Crippen MR) is 107 cm³/mol. The van der Waals surface area contributed by atoms with Crippen LogP contribution in [-0.4, -0.2) is 12.6 Å². The molecule has 0 fully saturated rings. The highest BCUT2D eigenvalue weighted by molar-refractivity contribution is 5.90. The van der Waals surface area contributed by atoms with Crippen molar-refractivity contribution in [1.29, 1.82) is 5.39 Å². The van der Waals surface area contributed by atoms with Crippen molar-refractivity contribution in [2.75, 3.05) is 6.61 Å². The van der Waals surface area contributed by atoms with E-state index < -0.39 is 0 Å². The summed E-state index contributed by atoms with van der Waals surface area (Å²) in [6.07, 6.45) is 15.4. The molecule has 0 saturated heterocycles. The number of benzene rings is 1. The summed E-state index contributed by atoms with van der Waals surface area (Å²) >= 11 is 0. The second-order valence-electron chi connectivity index (χ2n) is 7.13. The van der Waals surface area contributed by atoms with Crippen molar-refractivity contribution < 1.29 is 9.53 Å². The molecule has 0 aliphatic rings. The van der Waals surface area contributed by atoms with Crippen LogP contribution >= 0.6 is 0 Å². The zero-order chi connectivity index (χ0) is 19.0. The molecule has 26 heavy (non-hydrogen) atoms. The van der Waals surface area contributed by atoms with Gasteiger partial charge in [0.25, 0.3) is 0 Å². The number of carbonyl (C=O) groups is 1. The Morgan fingerprint density at radius 3 is 2.00 bits per heavy atom. The molecule has 4 heteroatoms. The Morgan fingerprint density at radius 2 is 1.46 bits per heavy atom. The topological polar surface area (TPSA) is 54.5 Å². The Labute approximate surface area is 159 Å². The van der Waals surface area contributed by atoms with Gasteiger partial charge < -0.3 is 4.74 Å². The van der Waals surface area contributed by atoms with Gasteiger partial charge in [0, 0.05) is 11.6 Å². The number of hydrogen-bond donors (Lipinski definition) is 0. The van der Waals surface area contributed by atoms with Crippen LogP contribution in [-0.2, 0) is 4.74 Å². The first-order valence-corrected chi connectivity index (χ1v) is 10.3. The third kappa shape index (κ3) is 9.56. The maximum atomic E-state index is 12.0. The molecule has 0 aliphatic carbocycles. The molecule has 0 saturated carbocycles. The zero-order valence-corrected chi connectivity index (χ0v) is 16.6. The molecule has 0 spiro atoms. The van der Waals surface area contributed by atoms with Gasteiger partial charge in [-0.25, -0.2) is 4.79 Å². The van der Waals surface area contributed by atoms with E-state index in [9.17, 15) is 4.79 Å². The van der Waals surface area contributed by atoms with E-state index >= 15 is 0 Å². The maximum Gasteiger partial charge on any atom is 0.388 e. The SMILES string of the molecule is CCCCCCCCCCCCCCOC(=O)c1ccc(C)c([N+]#N)c1. The van der Waals surface area contributed by atoms with Crippen LogP contribution in [0.2, 0.25) is 0 Å². The summed E-state index contributed by atoms with van der Waals surface area (Å²) in [4.78, 5) is 15.2. The summed E-state index contributed by atoms with van der Waals surface area (Å²) in [5, 5.41) is 8.90. The van der Waals surface area contributed by atoms with E-state index in [-0.39, 0.29) is 5.97 Å². The largest absolute Gasteiger partial charge is 0.462 e. The van der Waals surface area contributed by atoms with E-state index in [1.54, 1.807) is 18.2 Å². The van der Waals surface area contributed by atoms with Crippen molar-refractivity contribution in [2.45, 2.75) is 90.9 Å². The molecule has 0 aromatic heterocycles. The Bertz CT molecular complexity index is 564. The minimum atomic E-state index is -0.349. The van der Waals surface area contributed by atoms with Gasteiger partial charge in [0.2, 0.25) is 5.39 Å². The van der Waals surface area contributed by atoms with Crippen LogP contribution in [0.1, 0.15) is 99.9 Å². The molecule has 0 atom stereocenters. The Balaban J connectivity index is 1.99. The minimum absolute atomic E-state index is 0.349. The lowest BCUT2D eigenvalue weighted by Gasteiger charge is -2.05. The maximum absolute atomic E-state index is 12.0. The predicted octanol–water partition coefficient (Wildman–Crippen LogP) is 7.34. The highest BCUT2D eigenvalue weighted by Gasteiger charge is 2.15. The minimum Gasteiger partial charge on any atom is -0.462 e. The quantitative estimate of drug-likeness (QED) is 0.198. The van der Waals surface area contributed by atoms with Gasteiger partial charge in [-0.15, -0.1) is 0 Å². The van der Waals surface area contributed by atoms with Gasteiger partial charge in [0.15, 0.2) is 4.98 Å². The zero-order valence-electron chi connectivity index (χ0n) is 16.6. The molecule has 0 N–H and O–H groups in total. The lowest BCUT2D eigenvalue weighted by atomic mass is 10.1. The highest BCUT2D eigenvalue weighted by atomic mass is 16.5. The molecule has 0 heterocycles. The number of aryl methyl sites for hydroxylation is 1. The number of diazo groups is 1. The Kier molecular flexibility index (Phi) is 12.2. The number of esters is 1. The first-order valence-electron chi connectivity index (χ1n) is 10.3. The van der Waals surface area contributed by atoms with Crippen molar-refractivity contribution in [3.05, 3.63) is 34.3 Å². The molecule has 1 aromatic rings. The first kappa shape index (κ1) is 22.2. The second kappa shape index (κ2) is 14.3. The number of unbranched alkanes of at least 4 members (excludes halogenated alkanes) is 11. The lowest BCUT2D eigenvalue weighted by molar-refractivity contribution is 0.0497. The number of carbonyl (C=O) groups excluding carboxylic acids is 1. The third-order valence-corrected chi connectivity index (χ3v) is 4.78. The molecule has 0 aliphatic heterocycles. The molecule has 0 radical (unpaired) electrons. The molecular weight excluding hydrogens is 324 g/mol. The van der Waals surface area contributed by atoms with E-state index in [0.717, 1.165) is 18.4 Å². The van der Waals surface area contributed by atoms with Crippen molar-refractivity contribution in [1.82, 2.24) is 0 Å². The molecule has 4 nitrogen and oxygen atoms in total. The third-order valence-electron chi connectivity index (χ3n) is 4.78. The fraction of sp³-hybridized carbons (Fsp3) is 0.682. The van der Waals surface area contributed by atoms with E-state index in [1.165, 1.54) is 64.2 Å². The van der Waals surface area contributed by atoms with Crippen LogP contribution in [0.4, 0.5) is 5.69 Å². The fourth-order valence-corrected chi connectivity index (χ4v) is 3.04. The van der Waals surface area contributed by atoms with Gasteiger partial charge in [-0.05, 0) is 19.4 Å². The van der Waals surface area contributed by atoms with Crippen LogP contribution in [0, 0.1) is 12.3 Å². The summed E-state index contributed by atoms with van der Waals surface area (Å²) in [5.41, 5.74) is 1.66. The Morgan fingerprint density at radius 1 is 0.923 bits per heavy atom. The van der Waals surface area contributed by atoms with Gasteiger partial charge in [-0.1, -0.05) is 83.6 Å². The average Bonchev–Trinajstić information content (AvgIpc) is 2.65. The Hall–Kier alpha value is -1.89. The van der Waals surface area contributed by atoms with Crippen LogP contribution in [0.25, 0.3) is 4.98 Å². The van der Waals surface area contributed by atoms with Gasteiger partial charge in [0.1, 0.15) is 0 Å². The average molecular weight is 360 g/mol. The monoisotopic (exact) mass is 359 g/mol. The van der Waals surface area contributed by atoms with Crippen LogP contribution in [0.5, 0.6) is 0 Å². The standard InChI is InChI=1S/C22H35N2O2/c1-3-4-5-6-7-8-9-10-11-12-13-14-17-26-22(25)20-16-15-19(2)21(18-20)24-23/h15-16,18H,3-14,17H2,1-2H3/q+1. The smallest absolute Gasteiger partial charge is 0.388 e. The molecular formula is C22H35N2O2+. The van der Waals surface area contributed by atoms with E-state index in [4.69, 9.17) is 10.1 Å². The summed E-state index contributed by atoms with van der Waals surface area (Å²) < 4.78 is 5.30. The van der Waals surface area contributed by atoms with Crippen LogP contribution < -0.4 is 0 Å². The van der Waals surface area contributed by atoms with Crippen molar-refractivity contribution in [2.24, 2.45) is 0 Å². The summed E-state index contributed by atoms with van der Waals surface area (Å²) in [6, 6.07) is 5.02. The second-order valence-corrected chi connectivity index (χ2v) is 7.13. The number of rotatable bonds is 14. The molecule has 1 aromatic carbocycles.